The van der Waals surface area contributed by atoms with E-state index in [0.29, 0.717) is 12.8 Å². The smallest absolute Gasteiger partial charge is 0.256 e. The molecule has 0 aromatic carbocycles. The van der Waals surface area contributed by atoms with Gasteiger partial charge in [0.2, 0.25) is 5.22 Å². The SMILES string of the molecule is O=C(NC1CCCS(=O)(=O)C1)c1ccoc1Cl. The molecule has 17 heavy (non-hydrogen) atoms. The molecule has 1 aliphatic rings. The van der Waals surface area contributed by atoms with Crippen LogP contribution in [-0.4, -0.2) is 31.9 Å². The molecule has 1 unspecified atom stereocenters. The minimum Gasteiger partial charge on any atom is -0.452 e. The van der Waals surface area contributed by atoms with Crippen molar-refractivity contribution in [1.82, 2.24) is 5.32 Å². The third kappa shape index (κ3) is 3.01. The van der Waals surface area contributed by atoms with Crippen molar-refractivity contribution in [3.05, 3.63) is 23.1 Å². The van der Waals surface area contributed by atoms with E-state index in [2.05, 4.69) is 5.32 Å². The van der Waals surface area contributed by atoms with Crippen molar-refractivity contribution in [3.8, 4) is 0 Å². The largest absolute Gasteiger partial charge is 0.452 e. The highest BCUT2D eigenvalue weighted by atomic mass is 35.5. The van der Waals surface area contributed by atoms with Crippen LogP contribution >= 0.6 is 11.6 Å². The number of carbonyl (C=O) groups excluding carboxylic acids is 1. The van der Waals surface area contributed by atoms with Gasteiger partial charge in [-0.2, -0.15) is 0 Å². The summed E-state index contributed by atoms with van der Waals surface area (Å²) in [4.78, 5) is 11.8. The third-order valence-corrected chi connectivity index (χ3v) is 4.77. The fraction of sp³-hybridized carbons (Fsp3) is 0.500. The molecule has 0 radical (unpaired) electrons. The van der Waals surface area contributed by atoms with Crippen LogP contribution in [0.3, 0.4) is 0 Å². The molecule has 7 heteroatoms. The van der Waals surface area contributed by atoms with Crippen LogP contribution in [0.4, 0.5) is 0 Å². The zero-order valence-corrected chi connectivity index (χ0v) is 10.6. The van der Waals surface area contributed by atoms with Gasteiger partial charge in [0.15, 0.2) is 9.84 Å². The van der Waals surface area contributed by atoms with E-state index in [1.54, 1.807) is 0 Å². The first-order chi connectivity index (χ1) is 7.98. The summed E-state index contributed by atoms with van der Waals surface area (Å²) >= 11 is 5.66. The normalized spacial score (nSPS) is 23.2. The molecule has 0 bridgehead atoms. The van der Waals surface area contributed by atoms with Crippen molar-refractivity contribution in [2.75, 3.05) is 11.5 Å². The van der Waals surface area contributed by atoms with Crippen LogP contribution in [-0.2, 0) is 9.84 Å². The van der Waals surface area contributed by atoms with Gasteiger partial charge in [0, 0.05) is 6.04 Å². The summed E-state index contributed by atoms with van der Waals surface area (Å²) in [7, 11) is -3.03. The average Bonchev–Trinajstić information content (AvgIpc) is 2.62. The van der Waals surface area contributed by atoms with Gasteiger partial charge in [-0.05, 0) is 30.5 Å². The average molecular weight is 278 g/mol. The number of halogens is 1. The maximum atomic E-state index is 11.8. The van der Waals surface area contributed by atoms with Gasteiger partial charge in [-0.15, -0.1) is 0 Å². The van der Waals surface area contributed by atoms with Gasteiger partial charge in [0.25, 0.3) is 5.91 Å². The first-order valence-electron chi connectivity index (χ1n) is 5.22. The summed E-state index contributed by atoms with van der Waals surface area (Å²) < 4.78 is 27.6. The van der Waals surface area contributed by atoms with Gasteiger partial charge in [-0.3, -0.25) is 4.79 Å². The van der Waals surface area contributed by atoms with Gasteiger partial charge in [0.1, 0.15) is 0 Å². The summed E-state index contributed by atoms with van der Waals surface area (Å²) in [5, 5.41) is 2.67. The highest BCUT2D eigenvalue weighted by molar-refractivity contribution is 7.91. The van der Waals surface area contributed by atoms with Crippen LogP contribution in [0.2, 0.25) is 5.22 Å². The number of hydrogen-bond acceptors (Lipinski definition) is 4. The Labute approximate surface area is 104 Å². The van der Waals surface area contributed by atoms with Gasteiger partial charge < -0.3 is 9.73 Å². The Kier molecular flexibility index (Phi) is 3.44. The number of hydrogen-bond donors (Lipinski definition) is 1. The van der Waals surface area contributed by atoms with E-state index in [1.165, 1.54) is 12.3 Å². The van der Waals surface area contributed by atoms with Crippen molar-refractivity contribution in [3.63, 3.8) is 0 Å². The Morgan fingerprint density at radius 2 is 2.29 bits per heavy atom. The second-order valence-corrected chi connectivity index (χ2v) is 6.61. The lowest BCUT2D eigenvalue weighted by Crippen LogP contribution is -2.43. The standard InChI is InChI=1S/C10H12ClNO4S/c11-9-8(3-4-16-9)10(13)12-7-2-1-5-17(14,15)6-7/h3-4,7H,1-2,5-6H2,(H,12,13). The van der Waals surface area contributed by atoms with Crippen LogP contribution in [0.1, 0.15) is 23.2 Å². The molecule has 94 valence electrons. The molecule has 2 rings (SSSR count). The Hall–Kier alpha value is -1.01. The molecule has 0 aliphatic carbocycles. The Morgan fingerprint density at radius 1 is 1.53 bits per heavy atom. The minimum absolute atomic E-state index is 0.00574. The van der Waals surface area contributed by atoms with E-state index in [1.807, 2.05) is 0 Å². The quantitative estimate of drug-likeness (QED) is 0.882. The maximum Gasteiger partial charge on any atom is 0.256 e. The molecule has 1 amide bonds. The predicted molar refractivity (Wildman–Crippen MR) is 62.9 cm³/mol. The summed E-state index contributed by atoms with van der Waals surface area (Å²) in [6, 6.07) is 1.11. The monoisotopic (exact) mass is 277 g/mol. The number of rotatable bonds is 2. The number of nitrogens with one attached hydrogen (secondary N) is 1. The lowest BCUT2D eigenvalue weighted by molar-refractivity contribution is 0.0938. The predicted octanol–water partition coefficient (Wildman–Crippen LogP) is 1.24. The van der Waals surface area contributed by atoms with Crippen molar-refractivity contribution in [1.29, 1.82) is 0 Å². The van der Waals surface area contributed by atoms with Crippen LogP contribution in [0.5, 0.6) is 0 Å². The maximum absolute atomic E-state index is 11.8. The lowest BCUT2D eigenvalue weighted by atomic mass is 10.2. The lowest BCUT2D eigenvalue weighted by Gasteiger charge is -2.22. The highest BCUT2D eigenvalue weighted by Crippen LogP contribution is 2.18. The van der Waals surface area contributed by atoms with Crippen molar-refractivity contribution in [2.24, 2.45) is 0 Å². The van der Waals surface area contributed by atoms with Crippen LogP contribution in [0, 0.1) is 0 Å². The van der Waals surface area contributed by atoms with E-state index >= 15 is 0 Å². The summed E-state index contributed by atoms with van der Waals surface area (Å²) in [5.74, 6) is -0.203. The van der Waals surface area contributed by atoms with Gasteiger partial charge in [-0.25, -0.2) is 8.42 Å². The number of amides is 1. The molecule has 1 aromatic rings. The molecule has 5 nitrogen and oxygen atoms in total. The zero-order chi connectivity index (χ0) is 12.5. The van der Waals surface area contributed by atoms with Crippen LogP contribution in [0.25, 0.3) is 0 Å². The summed E-state index contributed by atoms with van der Waals surface area (Å²) in [6.07, 6.45) is 2.56. The van der Waals surface area contributed by atoms with E-state index < -0.39 is 15.7 Å². The second-order valence-electron chi connectivity index (χ2n) is 4.03. The molecule has 1 aromatic heterocycles. The van der Waals surface area contributed by atoms with Crippen LogP contribution < -0.4 is 5.32 Å². The topological polar surface area (TPSA) is 76.4 Å². The van der Waals surface area contributed by atoms with E-state index in [-0.39, 0.29) is 28.3 Å². The van der Waals surface area contributed by atoms with Gasteiger partial charge in [-0.1, -0.05) is 0 Å². The fourth-order valence-corrected chi connectivity index (χ4v) is 3.69. The van der Waals surface area contributed by atoms with E-state index in [0.717, 1.165) is 0 Å². The van der Waals surface area contributed by atoms with Crippen molar-refractivity contribution >= 4 is 27.3 Å². The molecule has 1 aliphatic heterocycles. The molecule has 0 spiro atoms. The first kappa shape index (κ1) is 12.4. The number of furan rings is 1. The number of carbonyl (C=O) groups is 1. The first-order valence-corrected chi connectivity index (χ1v) is 7.42. The van der Waals surface area contributed by atoms with E-state index in [9.17, 15) is 13.2 Å². The van der Waals surface area contributed by atoms with Gasteiger partial charge >= 0.3 is 0 Å². The molecule has 2 heterocycles. The molecule has 0 saturated carbocycles. The molecule has 1 fully saturated rings. The molecular formula is C10H12ClNO4S. The minimum atomic E-state index is -3.03. The molecule has 1 atom stereocenters. The fourth-order valence-electron chi connectivity index (χ4n) is 1.86. The highest BCUT2D eigenvalue weighted by Gasteiger charge is 2.26. The van der Waals surface area contributed by atoms with E-state index in [4.69, 9.17) is 16.0 Å². The summed E-state index contributed by atoms with van der Waals surface area (Å²) in [6.45, 7) is 0. The molecular weight excluding hydrogens is 266 g/mol. The third-order valence-electron chi connectivity index (χ3n) is 2.66. The van der Waals surface area contributed by atoms with Crippen LogP contribution in [0.15, 0.2) is 16.7 Å². The second kappa shape index (κ2) is 4.70. The Balaban J connectivity index is 2.02. The summed E-state index contributed by atoms with van der Waals surface area (Å²) in [5.41, 5.74) is 0.231. The van der Waals surface area contributed by atoms with Gasteiger partial charge in [0.05, 0.1) is 23.3 Å². The Morgan fingerprint density at radius 3 is 2.88 bits per heavy atom. The molecule has 1 saturated heterocycles. The van der Waals surface area contributed by atoms with Crippen molar-refractivity contribution in [2.45, 2.75) is 18.9 Å². The van der Waals surface area contributed by atoms with Crippen molar-refractivity contribution < 1.29 is 17.6 Å². The zero-order valence-electron chi connectivity index (χ0n) is 8.98. The Bertz CT molecular complexity index is 522. The molecule has 1 N–H and O–H groups in total. The number of sulfone groups is 1.